The third-order valence-electron chi connectivity index (χ3n) is 5.44. The number of hydrogen-bond donors (Lipinski definition) is 2. The van der Waals surface area contributed by atoms with Gasteiger partial charge in [0.15, 0.2) is 6.19 Å². The Labute approximate surface area is 185 Å². The maximum Gasteiger partial charge on any atom is 0.247 e. The maximum absolute atomic E-state index is 13.1. The number of anilines is 1. The van der Waals surface area contributed by atoms with Gasteiger partial charge in [0.25, 0.3) is 0 Å². The number of nitriles is 1. The summed E-state index contributed by atoms with van der Waals surface area (Å²) >= 11 is 3.43. The molecule has 8 nitrogen and oxygen atoms in total. The first-order valence-electron chi connectivity index (χ1n) is 10.3. The van der Waals surface area contributed by atoms with Crippen molar-refractivity contribution in [2.45, 2.75) is 45.1 Å². The van der Waals surface area contributed by atoms with Crippen LogP contribution < -0.4 is 10.6 Å². The molecule has 0 spiro atoms. The fraction of sp³-hybridized carbons (Fsp3) is 0.524. The number of likely N-dealkylation sites (tertiary alicyclic amines) is 2. The van der Waals surface area contributed by atoms with Crippen molar-refractivity contribution >= 4 is 39.4 Å². The second kappa shape index (κ2) is 10.4. The predicted molar refractivity (Wildman–Crippen MR) is 119 cm³/mol. The van der Waals surface area contributed by atoms with Crippen molar-refractivity contribution in [3.05, 3.63) is 28.2 Å². The van der Waals surface area contributed by atoms with Crippen molar-refractivity contribution in [1.29, 1.82) is 5.26 Å². The van der Waals surface area contributed by atoms with Crippen LogP contribution >= 0.6 is 15.9 Å². The van der Waals surface area contributed by atoms with E-state index in [1.807, 2.05) is 36.2 Å². The van der Waals surface area contributed by atoms with Crippen molar-refractivity contribution in [3.63, 3.8) is 0 Å². The topological polar surface area (TPSA) is 101 Å². The van der Waals surface area contributed by atoms with E-state index < -0.39 is 6.04 Å². The molecular weight excluding hydrogens is 448 g/mol. The smallest absolute Gasteiger partial charge is 0.247 e. The Balaban J connectivity index is 1.74. The molecule has 2 amide bonds. The van der Waals surface area contributed by atoms with Crippen LogP contribution in [0.25, 0.3) is 0 Å². The van der Waals surface area contributed by atoms with Crippen molar-refractivity contribution in [1.82, 2.24) is 15.1 Å². The third-order valence-corrected chi connectivity index (χ3v) is 5.93. The number of nitrogens with zero attached hydrogens (tertiary/aromatic N) is 4. The lowest BCUT2D eigenvalue weighted by Gasteiger charge is -2.25. The molecule has 2 fully saturated rings. The van der Waals surface area contributed by atoms with Crippen molar-refractivity contribution < 1.29 is 9.59 Å². The minimum atomic E-state index is -0.627. The van der Waals surface area contributed by atoms with Crippen LogP contribution in [0.2, 0.25) is 0 Å². The number of rotatable bonds is 4. The Bertz CT molecular complexity index is 860. The van der Waals surface area contributed by atoms with Crippen LogP contribution in [0.5, 0.6) is 0 Å². The number of carbonyl (C=O) groups excluding carboxylic acids is 2. The first-order chi connectivity index (χ1) is 14.5. The third kappa shape index (κ3) is 5.72. The van der Waals surface area contributed by atoms with E-state index in [-0.39, 0.29) is 24.3 Å². The summed E-state index contributed by atoms with van der Waals surface area (Å²) in [6.07, 6.45) is 6.20. The summed E-state index contributed by atoms with van der Waals surface area (Å²) in [5, 5.41) is 14.8. The first kappa shape index (κ1) is 22.1. The highest BCUT2D eigenvalue weighted by Crippen LogP contribution is 2.21. The van der Waals surface area contributed by atoms with Crippen LogP contribution in [0.15, 0.2) is 27.7 Å². The Morgan fingerprint density at radius 1 is 1.27 bits per heavy atom. The van der Waals surface area contributed by atoms with Crippen LogP contribution in [-0.4, -0.2) is 59.8 Å². The van der Waals surface area contributed by atoms with Gasteiger partial charge in [0.1, 0.15) is 6.04 Å². The van der Waals surface area contributed by atoms with Crippen molar-refractivity contribution in [3.8, 4) is 6.19 Å². The molecule has 0 aliphatic carbocycles. The molecule has 9 heteroatoms. The van der Waals surface area contributed by atoms with E-state index in [0.717, 1.165) is 54.5 Å². The van der Waals surface area contributed by atoms with Crippen molar-refractivity contribution in [2.24, 2.45) is 4.99 Å². The molecule has 0 aromatic heterocycles. The zero-order chi connectivity index (χ0) is 21.5. The van der Waals surface area contributed by atoms with E-state index in [0.29, 0.717) is 13.0 Å². The lowest BCUT2D eigenvalue weighted by atomic mass is 10.1. The number of guanidine groups is 1. The summed E-state index contributed by atoms with van der Waals surface area (Å²) in [5.41, 5.74) is 1.77. The van der Waals surface area contributed by atoms with E-state index in [2.05, 4.69) is 31.6 Å². The van der Waals surface area contributed by atoms with Crippen LogP contribution in [0.3, 0.4) is 0 Å². The van der Waals surface area contributed by atoms with Crippen LogP contribution in [-0.2, 0) is 9.59 Å². The number of aryl methyl sites for hydroxylation is 1. The molecule has 1 aromatic rings. The van der Waals surface area contributed by atoms with E-state index in [9.17, 15) is 9.59 Å². The van der Waals surface area contributed by atoms with Crippen LogP contribution in [0, 0.1) is 18.4 Å². The highest BCUT2D eigenvalue weighted by molar-refractivity contribution is 9.10. The molecule has 30 heavy (non-hydrogen) atoms. The van der Waals surface area contributed by atoms with Gasteiger partial charge in [-0.2, -0.15) is 5.26 Å². The predicted octanol–water partition coefficient (Wildman–Crippen LogP) is 2.60. The lowest BCUT2D eigenvalue weighted by Crippen LogP contribution is -2.45. The second-order valence-electron chi connectivity index (χ2n) is 7.66. The molecule has 2 N–H and O–H groups in total. The highest BCUT2D eigenvalue weighted by Gasteiger charge is 2.30. The van der Waals surface area contributed by atoms with E-state index >= 15 is 0 Å². The number of nitrogens with one attached hydrogen (secondary N) is 2. The summed E-state index contributed by atoms with van der Waals surface area (Å²) in [6, 6.07) is 5.10. The number of amides is 2. The van der Waals surface area contributed by atoms with Gasteiger partial charge in [0.05, 0.1) is 6.54 Å². The Kier molecular flexibility index (Phi) is 7.69. The molecule has 2 saturated heterocycles. The summed E-state index contributed by atoms with van der Waals surface area (Å²) in [6.45, 7) is 4.15. The molecule has 1 unspecified atom stereocenters. The minimum Gasteiger partial charge on any atom is -0.341 e. The molecule has 1 atom stereocenters. The summed E-state index contributed by atoms with van der Waals surface area (Å²) in [5.74, 6) is 0.0741. The number of carbonyl (C=O) groups is 2. The van der Waals surface area contributed by atoms with Gasteiger partial charge in [0.2, 0.25) is 17.8 Å². The molecule has 0 saturated carbocycles. The Hall–Kier alpha value is -2.60. The summed E-state index contributed by atoms with van der Waals surface area (Å²) < 4.78 is 0.953. The molecule has 2 heterocycles. The van der Waals surface area contributed by atoms with Gasteiger partial charge in [-0.15, -0.1) is 0 Å². The standard InChI is InChI=1S/C21H27BrN6O2/c1-15-12-16(22)7-8-17(15)25-21(24-14-23)26-18-6-2-3-11-28(20(18)30)13-19(29)27-9-4-5-10-27/h7-8,12,18H,2-6,9-11,13H2,1H3,(H2,24,25,26). The first-order valence-corrected chi connectivity index (χ1v) is 11.1. The Morgan fingerprint density at radius 2 is 2.00 bits per heavy atom. The molecule has 1 aromatic carbocycles. The van der Waals surface area contributed by atoms with Gasteiger partial charge in [-0.1, -0.05) is 15.9 Å². The average molecular weight is 475 g/mol. The fourth-order valence-electron chi connectivity index (χ4n) is 3.79. The second-order valence-corrected chi connectivity index (χ2v) is 8.57. The SMILES string of the molecule is Cc1cc(Br)ccc1NC(=NC1CCCCN(CC(=O)N2CCCC2)C1=O)NC#N. The minimum absolute atomic E-state index is 0.00413. The number of hydrogen-bond acceptors (Lipinski definition) is 4. The normalized spacial score (nSPS) is 20.0. The highest BCUT2D eigenvalue weighted by atomic mass is 79.9. The monoisotopic (exact) mass is 474 g/mol. The zero-order valence-electron chi connectivity index (χ0n) is 17.2. The molecule has 2 aliphatic heterocycles. The maximum atomic E-state index is 13.1. The molecular formula is C21H27BrN6O2. The number of aliphatic imine (C=N–C) groups is 1. The van der Waals surface area contributed by atoms with Gasteiger partial charge in [-0.25, -0.2) is 4.99 Å². The largest absolute Gasteiger partial charge is 0.341 e. The van der Waals surface area contributed by atoms with Gasteiger partial charge >= 0.3 is 0 Å². The quantitative estimate of drug-likeness (QED) is 0.302. The Morgan fingerprint density at radius 3 is 2.70 bits per heavy atom. The molecule has 3 rings (SSSR count). The van der Waals surface area contributed by atoms with E-state index in [1.165, 1.54) is 0 Å². The van der Waals surface area contributed by atoms with Gasteiger partial charge in [0, 0.05) is 29.8 Å². The lowest BCUT2D eigenvalue weighted by molar-refractivity contribution is -0.140. The van der Waals surface area contributed by atoms with E-state index in [1.54, 1.807) is 4.90 Å². The molecule has 2 aliphatic rings. The molecule has 0 radical (unpaired) electrons. The van der Waals surface area contributed by atoms with Crippen LogP contribution in [0.4, 0.5) is 5.69 Å². The van der Waals surface area contributed by atoms with Gasteiger partial charge in [-0.3, -0.25) is 14.9 Å². The zero-order valence-corrected chi connectivity index (χ0v) is 18.7. The van der Waals surface area contributed by atoms with Gasteiger partial charge < -0.3 is 15.1 Å². The number of halogens is 1. The summed E-state index contributed by atoms with van der Waals surface area (Å²) in [7, 11) is 0. The fourth-order valence-corrected chi connectivity index (χ4v) is 4.27. The molecule has 160 valence electrons. The molecule has 0 bridgehead atoms. The van der Waals surface area contributed by atoms with Gasteiger partial charge in [-0.05, 0) is 62.8 Å². The van der Waals surface area contributed by atoms with Crippen molar-refractivity contribution in [2.75, 3.05) is 31.5 Å². The van der Waals surface area contributed by atoms with E-state index in [4.69, 9.17) is 5.26 Å². The van der Waals surface area contributed by atoms with Crippen LogP contribution in [0.1, 0.15) is 37.7 Å². The summed E-state index contributed by atoms with van der Waals surface area (Å²) in [4.78, 5) is 33.6. The average Bonchev–Trinajstić information content (AvgIpc) is 3.20. The number of benzene rings is 1.